The molecule has 3 atom stereocenters. The normalized spacial score (nSPS) is 26.0. The number of carbonyl (C=O) groups excluding carboxylic acids is 4. The summed E-state index contributed by atoms with van der Waals surface area (Å²) in [4.78, 5) is 56.7. The van der Waals surface area contributed by atoms with Crippen molar-refractivity contribution >= 4 is 35.1 Å². The van der Waals surface area contributed by atoms with Crippen molar-refractivity contribution in [3.05, 3.63) is 70.8 Å². The zero-order chi connectivity index (χ0) is 22.9. The quantitative estimate of drug-likeness (QED) is 0.540. The summed E-state index contributed by atoms with van der Waals surface area (Å²) in [7, 11) is 2.87. The first kappa shape index (κ1) is 20.2. The van der Waals surface area contributed by atoms with E-state index in [1.807, 2.05) is 26.0 Å². The number of nitrogens with zero attached hydrogens (tertiary/aromatic N) is 2. The Bertz CT molecular complexity index is 1250. The summed E-state index contributed by atoms with van der Waals surface area (Å²) in [5.74, 6) is -4.03. The Kier molecular flexibility index (Phi) is 4.18. The maximum atomic E-state index is 13.9. The molecule has 3 aliphatic rings. The van der Waals surface area contributed by atoms with Gasteiger partial charge in [-0.3, -0.25) is 14.4 Å². The number of imide groups is 1. The molecule has 0 radical (unpaired) electrons. The Morgan fingerprint density at radius 2 is 1.72 bits per heavy atom. The number of hydrogen-bond donors (Lipinski definition) is 0. The van der Waals surface area contributed by atoms with Gasteiger partial charge in [0, 0.05) is 7.05 Å². The van der Waals surface area contributed by atoms with Gasteiger partial charge in [0.25, 0.3) is 0 Å². The molecule has 2 aliphatic heterocycles. The monoisotopic (exact) mass is 430 g/mol. The fourth-order valence-electron chi connectivity index (χ4n) is 5.71. The molecule has 162 valence electrons. The molecule has 0 bridgehead atoms. The minimum Gasteiger partial charge on any atom is -0.466 e. The summed E-state index contributed by atoms with van der Waals surface area (Å²) < 4.78 is 5.01. The van der Waals surface area contributed by atoms with Crippen molar-refractivity contribution in [3.8, 4) is 0 Å². The van der Waals surface area contributed by atoms with E-state index in [1.54, 1.807) is 37.4 Å². The summed E-state index contributed by atoms with van der Waals surface area (Å²) in [6.45, 7) is 3.79. The number of aryl methyl sites for hydroxylation is 2. The Hall–Kier alpha value is -3.74. The summed E-state index contributed by atoms with van der Waals surface area (Å²) in [6, 6.07) is 12.4. The molecule has 2 heterocycles. The van der Waals surface area contributed by atoms with Crippen molar-refractivity contribution in [1.82, 2.24) is 0 Å². The third-order valence-electron chi connectivity index (χ3n) is 6.86. The highest BCUT2D eigenvalue weighted by atomic mass is 16.5. The van der Waals surface area contributed by atoms with Gasteiger partial charge in [-0.2, -0.15) is 0 Å². The van der Waals surface area contributed by atoms with Gasteiger partial charge in [0.1, 0.15) is 5.41 Å². The van der Waals surface area contributed by atoms with Crippen LogP contribution in [0.25, 0.3) is 0 Å². The van der Waals surface area contributed by atoms with Gasteiger partial charge in [-0.1, -0.05) is 42.0 Å². The van der Waals surface area contributed by atoms with E-state index in [0.29, 0.717) is 16.9 Å². The highest BCUT2D eigenvalue weighted by Gasteiger charge is 2.71. The molecule has 0 saturated carbocycles. The number of fused-ring (bicyclic) bond motifs is 4. The second kappa shape index (κ2) is 6.63. The average Bonchev–Trinajstić information content (AvgIpc) is 3.33. The Morgan fingerprint density at radius 3 is 2.38 bits per heavy atom. The predicted molar refractivity (Wildman–Crippen MR) is 117 cm³/mol. The SMILES string of the molecule is COC(=O)C1=C[C@@H]2C(=O)N(c3ccccc3)C(=O)[C@@H]2[C@]12C(=O)N(C)c1c(C)cc(C)cc12. The second-order valence-corrected chi connectivity index (χ2v) is 8.57. The first-order valence-electron chi connectivity index (χ1n) is 10.4. The van der Waals surface area contributed by atoms with Crippen LogP contribution in [0.5, 0.6) is 0 Å². The van der Waals surface area contributed by atoms with Crippen LogP contribution in [0.15, 0.2) is 54.1 Å². The highest BCUT2D eigenvalue weighted by molar-refractivity contribution is 6.29. The van der Waals surface area contributed by atoms with E-state index in [0.717, 1.165) is 16.0 Å². The topological polar surface area (TPSA) is 84.0 Å². The van der Waals surface area contributed by atoms with E-state index >= 15 is 0 Å². The van der Waals surface area contributed by atoms with E-state index in [4.69, 9.17) is 4.74 Å². The smallest absolute Gasteiger partial charge is 0.334 e. The number of anilines is 2. The minimum atomic E-state index is -1.60. The number of carbonyl (C=O) groups is 4. The molecule has 2 aromatic carbocycles. The van der Waals surface area contributed by atoms with Crippen molar-refractivity contribution in [2.24, 2.45) is 11.8 Å². The Labute approximate surface area is 185 Å². The van der Waals surface area contributed by atoms with E-state index in [-0.39, 0.29) is 5.57 Å². The second-order valence-electron chi connectivity index (χ2n) is 8.57. The largest absolute Gasteiger partial charge is 0.466 e. The van der Waals surface area contributed by atoms with Crippen molar-refractivity contribution in [2.75, 3.05) is 24.0 Å². The molecule has 1 spiro atoms. The van der Waals surface area contributed by atoms with Crippen LogP contribution in [0.2, 0.25) is 0 Å². The number of ether oxygens (including phenoxy) is 1. The summed E-state index contributed by atoms with van der Waals surface area (Å²) in [5, 5.41) is 0. The third-order valence-corrected chi connectivity index (χ3v) is 6.86. The van der Waals surface area contributed by atoms with Crippen molar-refractivity contribution in [1.29, 1.82) is 0 Å². The van der Waals surface area contributed by atoms with Gasteiger partial charge in [-0.25, -0.2) is 9.69 Å². The lowest BCUT2D eigenvalue weighted by atomic mass is 9.67. The third kappa shape index (κ3) is 2.25. The summed E-state index contributed by atoms with van der Waals surface area (Å²) in [6.07, 6.45) is 1.47. The number of rotatable bonds is 2. The molecule has 5 rings (SSSR count). The standard InChI is InChI=1S/C25H22N2O5/c1-13-10-14(2)20-17(11-13)25(24(31)26(20)3)18(23(30)32-4)12-16-19(25)22(29)27(21(16)28)15-8-6-5-7-9-15/h5-12,16,19H,1-4H3/t16-,19+,25+/m0/s1. The van der Waals surface area contributed by atoms with Gasteiger partial charge < -0.3 is 9.64 Å². The Morgan fingerprint density at radius 1 is 1.03 bits per heavy atom. The lowest BCUT2D eigenvalue weighted by molar-refractivity contribution is -0.139. The van der Waals surface area contributed by atoms with Crippen molar-refractivity contribution in [3.63, 3.8) is 0 Å². The number of amides is 3. The number of hydrogen-bond acceptors (Lipinski definition) is 5. The lowest BCUT2D eigenvalue weighted by Gasteiger charge is -2.31. The molecule has 7 heteroatoms. The molecule has 1 fully saturated rings. The molecule has 32 heavy (non-hydrogen) atoms. The van der Waals surface area contributed by atoms with Crippen LogP contribution in [0.4, 0.5) is 11.4 Å². The van der Waals surface area contributed by atoms with Crippen LogP contribution in [0.1, 0.15) is 16.7 Å². The molecule has 2 aromatic rings. The maximum Gasteiger partial charge on any atom is 0.334 e. The van der Waals surface area contributed by atoms with Crippen LogP contribution < -0.4 is 9.80 Å². The Balaban J connectivity index is 1.80. The summed E-state index contributed by atoms with van der Waals surface area (Å²) in [5.41, 5.74) is 1.89. The number of benzene rings is 2. The number of methoxy groups -OCH3 is 1. The average molecular weight is 430 g/mol. The zero-order valence-electron chi connectivity index (χ0n) is 18.2. The first-order chi connectivity index (χ1) is 15.2. The number of para-hydroxylation sites is 1. The fraction of sp³-hybridized carbons (Fsp3) is 0.280. The minimum absolute atomic E-state index is 0.0602. The van der Waals surface area contributed by atoms with Crippen LogP contribution >= 0.6 is 0 Å². The van der Waals surface area contributed by atoms with E-state index in [9.17, 15) is 19.2 Å². The molecule has 3 amide bonds. The van der Waals surface area contributed by atoms with Crippen LogP contribution in [-0.4, -0.2) is 37.8 Å². The first-order valence-corrected chi connectivity index (χ1v) is 10.4. The van der Waals surface area contributed by atoms with Gasteiger partial charge >= 0.3 is 5.97 Å². The molecule has 0 aromatic heterocycles. The van der Waals surface area contributed by atoms with Gasteiger partial charge in [-0.05, 0) is 37.1 Å². The van der Waals surface area contributed by atoms with Gasteiger partial charge in [0.05, 0.1) is 35.9 Å². The van der Waals surface area contributed by atoms with Crippen LogP contribution in [0.3, 0.4) is 0 Å². The maximum absolute atomic E-state index is 13.9. The molecule has 0 unspecified atom stereocenters. The molecule has 1 saturated heterocycles. The molecular weight excluding hydrogens is 408 g/mol. The molecule has 0 N–H and O–H groups in total. The van der Waals surface area contributed by atoms with Crippen LogP contribution in [-0.2, 0) is 29.3 Å². The lowest BCUT2D eigenvalue weighted by Crippen LogP contribution is -2.49. The van der Waals surface area contributed by atoms with Crippen molar-refractivity contribution < 1.29 is 23.9 Å². The highest BCUT2D eigenvalue weighted by Crippen LogP contribution is 2.60. The van der Waals surface area contributed by atoms with Crippen molar-refractivity contribution in [2.45, 2.75) is 19.3 Å². The summed E-state index contributed by atoms with van der Waals surface area (Å²) >= 11 is 0. The van der Waals surface area contributed by atoms with Gasteiger partial charge in [0.15, 0.2) is 0 Å². The van der Waals surface area contributed by atoms with E-state index in [1.165, 1.54) is 18.1 Å². The zero-order valence-corrected chi connectivity index (χ0v) is 18.2. The number of esters is 1. The fourth-order valence-corrected chi connectivity index (χ4v) is 5.71. The molecule has 7 nitrogen and oxygen atoms in total. The van der Waals surface area contributed by atoms with Gasteiger partial charge in [0.2, 0.25) is 17.7 Å². The molecular formula is C25H22N2O5. The van der Waals surface area contributed by atoms with Crippen LogP contribution in [0, 0.1) is 25.7 Å². The number of likely N-dealkylation sites (N-methyl/N-ethyl adjacent to an activating group) is 1. The van der Waals surface area contributed by atoms with Gasteiger partial charge in [-0.15, -0.1) is 0 Å². The predicted octanol–water partition coefficient (Wildman–Crippen LogP) is 2.44. The van der Waals surface area contributed by atoms with E-state index < -0.39 is 40.9 Å². The molecule has 1 aliphatic carbocycles. The van der Waals surface area contributed by atoms with E-state index in [2.05, 4.69) is 0 Å².